The zero-order chi connectivity index (χ0) is 16.6. The van der Waals surface area contributed by atoms with E-state index >= 15 is 0 Å². The predicted octanol–water partition coefficient (Wildman–Crippen LogP) is 3.07. The third-order valence-electron chi connectivity index (χ3n) is 3.51. The zero-order valence-corrected chi connectivity index (χ0v) is 14.4. The number of fused-ring (bicyclic) bond motifs is 1. The summed E-state index contributed by atoms with van der Waals surface area (Å²) in [5.41, 5.74) is 2.27. The number of anilines is 1. The largest absolute Gasteiger partial charge is 0.360 e. The first-order valence-electron chi connectivity index (χ1n) is 7.93. The summed E-state index contributed by atoms with van der Waals surface area (Å²) >= 11 is 1.67. The van der Waals surface area contributed by atoms with E-state index < -0.39 is 0 Å². The molecule has 6 heteroatoms. The van der Waals surface area contributed by atoms with Crippen LogP contribution in [0.15, 0.2) is 59.6 Å². The van der Waals surface area contributed by atoms with Crippen LogP contribution in [0.5, 0.6) is 0 Å². The van der Waals surface area contributed by atoms with Gasteiger partial charge >= 0.3 is 0 Å². The molecule has 0 atom stereocenters. The summed E-state index contributed by atoms with van der Waals surface area (Å²) in [5, 5.41) is 10.9. The lowest BCUT2D eigenvalue weighted by Crippen LogP contribution is -2.39. The van der Waals surface area contributed by atoms with Crippen molar-refractivity contribution in [1.82, 2.24) is 15.6 Å². The molecular formula is C18H21N5S. The molecule has 0 aliphatic carbocycles. The van der Waals surface area contributed by atoms with E-state index in [4.69, 9.17) is 0 Å². The van der Waals surface area contributed by atoms with Gasteiger partial charge in [0.15, 0.2) is 11.1 Å². The molecule has 124 valence electrons. The van der Waals surface area contributed by atoms with Crippen LogP contribution in [0, 0.1) is 0 Å². The number of benzene rings is 2. The van der Waals surface area contributed by atoms with Crippen LogP contribution >= 0.6 is 11.3 Å². The van der Waals surface area contributed by atoms with Crippen LogP contribution in [-0.2, 0) is 6.54 Å². The minimum absolute atomic E-state index is 0.756. The lowest BCUT2D eigenvalue weighted by molar-refractivity contribution is 0.812. The molecule has 0 bridgehead atoms. The average Bonchev–Trinajstić information content (AvgIpc) is 3.05. The highest BCUT2D eigenvalue weighted by Crippen LogP contribution is 2.24. The molecule has 0 saturated heterocycles. The Bertz CT molecular complexity index is 764. The van der Waals surface area contributed by atoms with Crippen molar-refractivity contribution >= 4 is 32.6 Å². The van der Waals surface area contributed by atoms with Crippen LogP contribution in [0.2, 0.25) is 0 Å². The van der Waals surface area contributed by atoms with Crippen LogP contribution in [-0.4, -0.2) is 31.1 Å². The first-order valence-corrected chi connectivity index (χ1v) is 8.75. The van der Waals surface area contributed by atoms with E-state index in [2.05, 4.69) is 44.1 Å². The molecule has 2 aromatic carbocycles. The minimum atomic E-state index is 0.756. The summed E-state index contributed by atoms with van der Waals surface area (Å²) in [6.45, 7) is 2.31. The number of aromatic nitrogens is 1. The fourth-order valence-electron chi connectivity index (χ4n) is 2.30. The van der Waals surface area contributed by atoms with Gasteiger partial charge in [0.05, 0.1) is 10.2 Å². The number of nitrogens with zero attached hydrogens (tertiary/aromatic N) is 2. The van der Waals surface area contributed by atoms with E-state index in [1.807, 2.05) is 36.4 Å². The highest BCUT2D eigenvalue weighted by atomic mass is 32.1. The second-order valence-electron chi connectivity index (χ2n) is 5.25. The van der Waals surface area contributed by atoms with Crippen molar-refractivity contribution in [3.8, 4) is 0 Å². The first-order chi connectivity index (χ1) is 11.8. The third kappa shape index (κ3) is 4.45. The second-order valence-corrected chi connectivity index (χ2v) is 6.28. The summed E-state index contributed by atoms with van der Waals surface area (Å²) in [6.07, 6.45) is 0. The molecule has 0 aliphatic rings. The summed E-state index contributed by atoms with van der Waals surface area (Å²) in [6, 6.07) is 18.4. The van der Waals surface area contributed by atoms with E-state index in [1.54, 1.807) is 18.4 Å². The van der Waals surface area contributed by atoms with Gasteiger partial charge in [0.1, 0.15) is 0 Å². The molecule has 1 heterocycles. The molecule has 3 N–H and O–H groups in total. The molecular weight excluding hydrogens is 318 g/mol. The van der Waals surface area contributed by atoms with Gasteiger partial charge in [0, 0.05) is 26.7 Å². The molecule has 5 nitrogen and oxygen atoms in total. The molecule has 0 amide bonds. The number of para-hydroxylation sites is 1. The van der Waals surface area contributed by atoms with Gasteiger partial charge in [-0.15, -0.1) is 0 Å². The SMILES string of the molecule is CN=C(NCCNc1nc2ccccc2s1)NCc1ccccc1. The number of guanidine groups is 1. The Morgan fingerprint density at radius 1 is 1.00 bits per heavy atom. The Balaban J connectivity index is 1.41. The van der Waals surface area contributed by atoms with Crippen molar-refractivity contribution in [2.45, 2.75) is 6.54 Å². The average molecular weight is 339 g/mol. The van der Waals surface area contributed by atoms with Gasteiger partial charge in [-0.25, -0.2) is 4.98 Å². The Labute approximate surface area is 145 Å². The number of rotatable bonds is 6. The van der Waals surface area contributed by atoms with Crippen molar-refractivity contribution in [3.63, 3.8) is 0 Å². The first kappa shape index (κ1) is 16.3. The fraction of sp³-hybridized carbons (Fsp3) is 0.222. The summed E-state index contributed by atoms with van der Waals surface area (Å²) < 4.78 is 1.20. The van der Waals surface area contributed by atoms with Crippen molar-refractivity contribution < 1.29 is 0 Å². The molecule has 3 aromatic rings. The maximum absolute atomic E-state index is 4.56. The topological polar surface area (TPSA) is 61.3 Å². The van der Waals surface area contributed by atoms with Gasteiger partial charge in [0.25, 0.3) is 0 Å². The summed E-state index contributed by atoms with van der Waals surface area (Å²) in [7, 11) is 1.78. The molecule has 1 aromatic heterocycles. The molecule has 0 spiro atoms. The molecule has 0 saturated carbocycles. The molecule has 24 heavy (non-hydrogen) atoms. The molecule has 0 aliphatic heterocycles. The van der Waals surface area contributed by atoms with E-state index in [0.717, 1.165) is 36.2 Å². The minimum Gasteiger partial charge on any atom is -0.360 e. The monoisotopic (exact) mass is 339 g/mol. The van der Waals surface area contributed by atoms with Crippen LogP contribution in [0.1, 0.15) is 5.56 Å². The standard InChI is InChI=1S/C18H21N5S/c1-19-17(22-13-14-7-3-2-4-8-14)20-11-12-21-18-23-15-9-5-6-10-16(15)24-18/h2-10H,11-13H2,1H3,(H,21,23)(H2,19,20,22). The normalized spacial score (nSPS) is 11.5. The van der Waals surface area contributed by atoms with Gasteiger partial charge in [-0.1, -0.05) is 53.8 Å². The zero-order valence-electron chi connectivity index (χ0n) is 13.6. The summed E-state index contributed by atoms with van der Waals surface area (Å²) in [5.74, 6) is 0.796. The van der Waals surface area contributed by atoms with Crippen molar-refractivity contribution in [1.29, 1.82) is 0 Å². The van der Waals surface area contributed by atoms with E-state index in [-0.39, 0.29) is 0 Å². The molecule has 0 radical (unpaired) electrons. The maximum Gasteiger partial charge on any atom is 0.191 e. The number of nitrogens with one attached hydrogen (secondary N) is 3. The molecule has 3 rings (SSSR count). The highest BCUT2D eigenvalue weighted by molar-refractivity contribution is 7.22. The Morgan fingerprint density at radius 3 is 2.58 bits per heavy atom. The number of hydrogen-bond acceptors (Lipinski definition) is 4. The van der Waals surface area contributed by atoms with Gasteiger partial charge in [-0.3, -0.25) is 4.99 Å². The smallest absolute Gasteiger partial charge is 0.191 e. The lowest BCUT2D eigenvalue weighted by Gasteiger charge is -2.12. The van der Waals surface area contributed by atoms with E-state index in [1.165, 1.54) is 10.3 Å². The van der Waals surface area contributed by atoms with Crippen molar-refractivity contribution in [2.75, 3.05) is 25.5 Å². The van der Waals surface area contributed by atoms with Crippen molar-refractivity contribution in [3.05, 3.63) is 60.2 Å². The number of aliphatic imine (C=N–C) groups is 1. The van der Waals surface area contributed by atoms with Crippen molar-refractivity contribution in [2.24, 2.45) is 4.99 Å². The molecule has 0 unspecified atom stereocenters. The molecule has 0 fully saturated rings. The van der Waals surface area contributed by atoms with Gasteiger partial charge in [0.2, 0.25) is 0 Å². The number of thiazole rings is 1. The van der Waals surface area contributed by atoms with Crippen LogP contribution in [0.25, 0.3) is 10.2 Å². The summed E-state index contributed by atoms with van der Waals surface area (Å²) in [4.78, 5) is 8.80. The van der Waals surface area contributed by atoms with Gasteiger partial charge < -0.3 is 16.0 Å². The Hall–Kier alpha value is -2.60. The maximum atomic E-state index is 4.56. The fourth-order valence-corrected chi connectivity index (χ4v) is 3.19. The van der Waals surface area contributed by atoms with Gasteiger partial charge in [-0.05, 0) is 17.7 Å². The quantitative estimate of drug-likeness (QED) is 0.367. The second kappa shape index (κ2) is 8.31. The van der Waals surface area contributed by atoms with E-state index in [0.29, 0.717) is 0 Å². The van der Waals surface area contributed by atoms with E-state index in [9.17, 15) is 0 Å². The van der Waals surface area contributed by atoms with Gasteiger partial charge in [-0.2, -0.15) is 0 Å². The predicted molar refractivity (Wildman–Crippen MR) is 103 cm³/mol. The van der Waals surface area contributed by atoms with Crippen LogP contribution < -0.4 is 16.0 Å². The highest BCUT2D eigenvalue weighted by Gasteiger charge is 2.02. The Kier molecular flexibility index (Phi) is 5.63. The number of hydrogen-bond donors (Lipinski definition) is 3. The lowest BCUT2D eigenvalue weighted by atomic mass is 10.2. The van der Waals surface area contributed by atoms with Crippen LogP contribution in [0.3, 0.4) is 0 Å². The van der Waals surface area contributed by atoms with Crippen LogP contribution in [0.4, 0.5) is 5.13 Å². The third-order valence-corrected chi connectivity index (χ3v) is 4.51. The Morgan fingerprint density at radius 2 is 1.79 bits per heavy atom.